The van der Waals surface area contributed by atoms with Gasteiger partial charge in [-0.15, -0.1) is 0 Å². The number of carbonyl (C=O) groups is 1. The quantitative estimate of drug-likeness (QED) is 0.897. The summed E-state index contributed by atoms with van der Waals surface area (Å²) >= 11 is 0. The summed E-state index contributed by atoms with van der Waals surface area (Å²) in [5.74, 6) is 0.465. The Morgan fingerprint density at radius 1 is 1.30 bits per heavy atom. The second kappa shape index (κ2) is 6.84. The fraction of sp³-hybridized carbons (Fsp3) is 0.625. The van der Waals surface area contributed by atoms with Gasteiger partial charge in [-0.2, -0.15) is 0 Å². The van der Waals surface area contributed by atoms with Crippen LogP contribution in [0.1, 0.15) is 45.2 Å². The van der Waals surface area contributed by atoms with Gasteiger partial charge < -0.3 is 5.32 Å². The molecule has 1 amide bonds. The number of likely N-dealkylation sites (tertiary alicyclic amines) is 1. The van der Waals surface area contributed by atoms with Crippen molar-refractivity contribution in [3.05, 3.63) is 30.1 Å². The van der Waals surface area contributed by atoms with E-state index in [0.717, 1.165) is 18.7 Å². The fourth-order valence-electron chi connectivity index (χ4n) is 2.92. The molecule has 1 saturated heterocycles. The highest BCUT2D eigenvalue weighted by Crippen LogP contribution is 2.19. The van der Waals surface area contributed by atoms with Gasteiger partial charge in [0.1, 0.15) is 0 Å². The van der Waals surface area contributed by atoms with Gasteiger partial charge >= 0.3 is 0 Å². The predicted molar refractivity (Wildman–Crippen MR) is 80.2 cm³/mol. The lowest BCUT2D eigenvalue weighted by Gasteiger charge is -2.30. The van der Waals surface area contributed by atoms with E-state index in [9.17, 15) is 4.79 Å². The summed E-state index contributed by atoms with van der Waals surface area (Å²) in [4.78, 5) is 19.0. The smallest absolute Gasteiger partial charge is 0.238 e. The Morgan fingerprint density at radius 3 is 2.55 bits per heavy atom. The summed E-state index contributed by atoms with van der Waals surface area (Å²) < 4.78 is 0. The van der Waals surface area contributed by atoms with Crippen molar-refractivity contribution >= 4 is 5.91 Å². The molecular formula is C16H25N3O. The Labute approximate surface area is 121 Å². The highest BCUT2D eigenvalue weighted by molar-refractivity contribution is 5.82. The third kappa shape index (κ3) is 3.57. The van der Waals surface area contributed by atoms with Crippen LogP contribution in [0.2, 0.25) is 0 Å². The number of nitrogens with zero attached hydrogens (tertiary/aromatic N) is 2. The molecule has 110 valence electrons. The molecule has 2 heterocycles. The molecule has 1 fully saturated rings. The number of pyridine rings is 1. The van der Waals surface area contributed by atoms with Crippen molar-refractivity contribution < 1.29 is 4.79 Å². The second-order valence-corrected chi connectivity index (χ2v) is 5.95. The average molecular weight is 275 g/mol. The molecule has 1 aromatic rings. The van der Waals surface area contributed by atoms with Crippen LogP contribution in [0.15, 0.2) is 24.5 Å². The maximum absolute atomic E-state index is 12.6. The molecule has 1 N–H and O–H groups in total. The van der Waals surface area contributed by atoms with Gasteiger partial charge in [0, 0.05) is 12.4 Å². The third-order valence-electron chi connectivity index (χ3n) is 3.98. The van der Waals surface area contributed by atoms with Crippen molar-refractivity contribution in [3.63, 3.8) is 0 Å². The Hall–Kier alpha value is -1.42. The second-order valence-electron chi connectivity index (χ2n) is 5.95. The number of amides is 1. The molecule has 0 bridgehead atoms. The molecule has 0 aromatic carbocycles. The minimum Gasteiger partial charge on any atom is -0.348 e. The van der Waals surface area contributed by atoms with E-state index >= 15 is 0 Å². The number of rotatable bonds is 5. The van der Waals surface area contributed by atoms with E-state index < -0.39 is 0 Å². The van der Waals surface area contributed by atoms with E-state index in [1.165, 1.54) is 12.8 Å². The summed E-state index contributed by atoms with van der Waals surface area (Å²) in [6, 6.07) is 3.88. The molecule has 0 unspecified atom stereocenters. The highest BCUT2D eigenvalue weighted by atomic mass is 16.2. The maximum atomic E-state index is 12.6. The molecule has 4 nitrogen and oxygen atoms in total. The van der Waals surface area contributed by atoms with E-state index in [4.69, 9.17) is 0 Å². The van der Waals surface area contributed by atoms with Crippen molar-refractivity contribution in [2.75, 3.05) is 13.1 Å². The summed E-state index contributed by atoms with van der Waals surface area (Å²) in [6.45, 7) is 8.33. The SMILES string of the molecule is CC(C)[C@@H](C(=O)N[C@H](C)c1cccnc1)N1CCCC1. The van der Waals surface area contributed by atoms with E-state index in [1.54, 1.807) is 6.20 Å². The first-order valence-electron chi connectivity index (χ1n) is 7.54. The lowest BCUT2D eigenvalue weighted by molar-refractivity contribution is -0.128. The number of carbonyl (C=O) groups excluding carboxylic acids is 1. The van der Waals surface area contributed by atoms with Crippen LogP contribution in [0.25, 0.3) is 0 Å². The molecule has 0 spiro atoms. The first kappa shape index (κ1) is 15.0. The zero-order valence-electron chi connectivity index (χ0n) is 12.7. The summed E-state index contributed by atoms with van der Waals surface area (Å²) in [7, 11) is 0. The van der Waals surface area contributed by atoms with E-state index in [0.29, 0.717) is 5.92 Å². The Kier molecular flexibility index (Phi) is 5.12. The number of aromatic nitrogens is 1. The lowest BCUT2D eigenvalue weighted by Crippen LogP contribution is -2.49. The first-order chi connectivity index (χ1) is 9.59. The van der Waals surface area contributed by atoms with E-state index in [1.807, 2.05) is 25.3 Å². The van der Waals surface area contributed by atoms with Crippen LogP contribution in [-0.2, 0) is 4.79 Å². The molecule has 1 aliphatic rings. The van der Waals surface area contributed by atoms with Crippen molar-refractivity contribution in [1.82, 2.24) is 15.2 Å². The Balaban J connectivity index is 2.01. The van der Waals surface area contributed by atoms with Crippen LogP contribution in [0.4, 0.5) is 0 Å². The summed E-state index contributed by atoms with van der Waals surface area (Å²) in [6.07, 6.45) is 5.97. The molecule has 1 aliphatic heterocycles. The molecule has 2 rings (SSSR count). The van der Waals surface area contributed by atoms with Gasteiger partial charge in [0.15, 0.2) is 0 Å². The van der Waals surface area contributed by atoms with Gasteiger partial charge in [-0.05, 0) is 50.4 Å². The minimum atomic E-state index is -0.0170. The van der Waals surface area contributed by atoms with Crippen molar-refractivity contribution in [2.45, 2.75) is 45.7 Å². The summed E-state index contributed by atoms with van der Waals surface area (Å²) in [5, 5.41) is 3.13. The minimum absolute atomic E-state index is 0.0000491. The van der Waals surface area contributed by atoms with Gasteiger partial charge in [0.25, 0.3) is 0 Å². The van der Waals surface area contributed by atoms with Crippen LogP contribution in [0, 0.1) is 5.92 Å². The zero-order valence-corrected chi connectivity index (χ0v) is 12.7. The van der Waals surface area contributed by atoms with Gasteiger partial charge in [-0.25, -0.2) is 0 Å². The standard InChI is InChI=1S/C16H25N3O/c1-12(2)15(19-9-4-5-10-19)16(20)18-13(3)14-7-6-8-17-11-14/h6-8,11-13,15H,4-5,9-10H2,1-3H3,(H,18,20)/t13-,15+/m1/s1. The van der Waals surface area contributed by atoms with Crippen LogP contribution in [-0.4, -0.2) is 34.9 Å². The molecule has 20 heavy (non-hydrogen) atoms. The Bertz CT molecular complexity index is 427. The van der Waals surface area contributed by atoms with E-state index in [-0.39, 0.29) is 18.0 Å². The molecule has 0 radical (unpaired) electrons. The van der Waals surface area contributed by atoms with Crippen molar-refractivity contribution in [1.29, 1.82) is 0 Å². The zero-order chi connectivity index (χ0) is 14.5. The van der Waals surface area contributed by atoms with Gasteiger partial charge in [0.05, 0.1) is 12.1 Å². The number of hydrogen-bond acceptors (Lipinski definition) is 3. The molecular weight excluding hydrogens is 250 g/mol. The topological polar surface area (TPSA) is 45.2 Å². The van der Waals surface area contributed by atoms with Gasteiger partial charge in [-0.3, -0.25) is 14.7 Å². The maximum Gasteiger partial charge on any atom is 0.238 e. The average Bonchev–Trinajstić information content (AvgIpc) is 2.93. The fourth-order valence-corrected chi connectivity index (χ4v) is 2.92. The van der Waals surface area contributed by atoms with E-state index in [2.05, 4.69) is 29.0 Å². The van der Waals surface area contributed by atoms with Crippen LogP contribution in [0.3, 0.4) is 0 Å². The first-order valence-corrected chi connectivity index (χ1v) is 7.54. The molecule has 0 saturated carbocycles. The predicted octanol–water partition coefficient (Wildman–Crippen LogP) is 2.38. The molecule has 0 aliphatic carbocycles. The Morgan fingerprint density at radius 2 is 2.00 bits per heavy atom. The van der Waals surface area contributed by atoms with Gasteiger partial charge in [0.2, 0.25) is 5.91 Å². The van der Waals surface area contributed by atoms with Crippen LogP contribution < -0.4 is 5.32 Å². The summed E-state index contributed by atoms with van der Waals surface area (Å²) in [5.41, 5.74) is 1.05. The van der Waals surface area contributed by atoms with Crippen LogP contribution >= 0.6 is 0 Å². The largest absolute Gasteiger partial charge is 0.348 e. The lowest BCUT2D eigenvalue weighted by atomic mass is 10.0. The molecule has 2 atom stereocenters. The monoisotopic (exact) mass is 275 g/mol. The molecule has 4 heteroatoms. The van der Waals surface area contributed by atoms with Crippen molar-refractivity contribution in [2.24, 2.45) is 5.92 Å². The number of nitrogens with one attached hydrogen (secondary N) is 1. The number of hydrogen-bond donors (Lipinski definition) is 1. The van der Waals surface area contributed by atoms with Crippen molar-refractivity contribution in [3.8, 4) is 0 Å². The normalized spacial score (nSPS) is 19.0. The van der Waals surface area contributed by atoms with Gasteiger partial charge in [-0.1, -0.05) is 19.9 Å². The molecule has 1 aromatic heterocycles. The van der Waals surface area contributed by atoms with Crippen LogP contribution in [0.5, 0.6) is 0 Å². The third-order valence-corrected chi connectivity index (χ3v) is 3.98. The highest BCUT2D eigenvalue weighted by Gasteiger charge is 2.31.